The molecular weight excluding hydrogens is 751 g/mol. The van der Waals surface area contributed by atoms with Crippen molar-refractivity contribution in [2.24, 2.45) is 0 Å². The Morgan fingerprint density at radius 1 is 0.279 bits per heavy atom. The maximum atomic E-state index is 14.0. The van der Waals surface area contributed by atoms with Crippen molar-refractivity contribution >= 4 is 11.8 Å². The number of nitrogens with zero attached hydrogens (tertiary/aromatic N) is 5. The van der Waals surface area contributed by atoms with Crippen molar-refractivity contribution < 1.29 is 9.59 Å². The normalized spacial score (nSPS) is 13.4. The predicted octanol–water partition coefficient (Wildman–Crippen LogP) is 13.9. The lowest BCUT2D eigenvalue weighted by Crippen LogP contribution is -2.54. The van der Waals surface area contributed by atoms with Crippen LogP contribution >= 0.6 is 0 Å². The van der Waals surface area contributed by atoms with Crippen LogP contribution in [0.25, 0.3) is 0 Å². The third kappa shape index (κ3) is 34.8. The first-order valence-corrected chi connectivity index (χ1v) is 27.7. The van der Waals surface area contributed by atoms with Crippen molar-refractivity contribution in [3.8, 4) is 0 Å². The summed E-state index contributed by atoms with van der Waals surface area (Å²) in [4.78, 5) is 39.5. The second kappa shape index (κ2) is 44.0. The van der Waals surface area contributed by atoms with E-state index in [4.69, 9.17) is 0 Å². The van der Waals surface area contributed by atoms with Crippen molar-refractivity contribution in [1.82, 2.24) is 24.5 Å². The Kier molecular flexibility index (Phi) is 41.8. The van der Waals surface area contributed by atoms with Crippen LogP contribution in [0.3, 0.4) is 0 Å². The van der Waals surface area contributed by atoms with Gasteiger partial charge in [0.25, 0.3) is 0 Å². The van der Waals surface area contributed by atoms with E-state index in [0.717, 1.165) is 32.7 Å². The molecular formula is C54H109N5O2. The minimum Gasteiger partial charge on any atom is -0.338 e. The van der Waals surface area contributed by atoms with Gasteiger partial charge >= 0.3 is 0 Å². The average Bonchev–Trinajstić information content (AvgIpc) is 3.27. The van der Waals surface area contributed by atoms with Gasteiger partial charge in [0.2, 0.25) is 11.8 Å². The van der Waals surface area contributed by atoms with E-state index in [-0.39, 0.29) is 11.8 Å². The summed E-state index contributed by atoms with van der Waals surface area (Å²) in [6, 6.07) is 0. The van der Waals surface area contributed by atoms with E-state index >= 15 is 0 Å². The molecule has 0 spiro atoms. The van der Waals surface area contributed by atoms with E-state index in [0.29, 0.717) is 39.3 Å². The monoisotopic (exact) mass is 860 g/mol. The number of rotatable bonds is 46. The van der Waals surface area contributed by atoms with Crippen molar-refractivity contribution in [2.75, 3.05) is 85.1 Å². The highest BCUT2D eigenvalue weighted by atomic mass is 16.2. The van der Waals surface area contributed by atoms with Crippen LogP contribution in [0.2, 0.25) is 0 Å². The molecule has 1 fully saturated rings. The number of carbonyl (C=O) groups excluding carboxylic acids is 2. The molecule has 0 saturated carbocycles. The lowest BCUT2D eigenvalue weighted by molar-refractivity contribution is -0.140. The zero-order chi connectivity index (χ0) is 44.3. The van der Waals surface area contributed by atoms with Crippen LogP contribution in [0.5, 0.6) is 0 Å². The third-order valence-corrected chi connectivity index (χ3v) is 13.6. The van der Waals surface area contributed by atoms with Gasteiger partial charge < -0.3 is 14.7 Å². The first-order valence-electron chi connectivity index (χ1n) is 27.7. The SMILES string of the molecule is CCCCCCCCCN(CCCCCCCCC)CCN(CCCCCCCCC)CC(=O)N1CCN(C(=O)CN(CCCCCCCC)CCCCCCCCC)CC1. The molecule has 0 atom stereocenters. The van der Waals surface area contributed by atoms with Gasteiger partial charge in [-0.25, -0.2) is 0 Å². The highest BCUT2D eigenvalue weighted by Crippen LogP contribution is 2.14. The molecule has 362 valence electrons. The van der Waals surface area contributed by atoms with Gasteiger partial charge in [-0.2, -0.15) is 0 Å². The Morgan fingerprint density at radius 3 is 0.738 bits per heavy atom. The lowest BCUT2D eigenvalue weighted by atomic mass is 10.1. The van der Waals surface area contributed by atoms with E-state index in [1.165, 1.54) is 231 Å². The van der Waals surface area contributed by atoms with Crippen LogP contribution < -0.4 is 0 Å². The van der Waals surface area contributed by atoms with Crippen LogP contribution in [0, 0.1) is 0 Å². The van der Waals surface area contributed by atoms with Crippen molar-refractivity contribution in [2.45, 2.75) is 253 Å². The number of amides is 2. The van der Waals surface area contributed by atoms with Crippen LogP contribution in [0.4, 0.5) is 0 Å². The molecule has 1 saturated heterocycles. The topological polar surface area (TPSA) is 50.3 Å². The molecule has 0 radical (unpaired) electrons. The Balaban J connectivity index is 2.77. The molecule has 1 aliphatic rings. The average molecular weight is 860 g/mol. The van der Waals surface area contributed by atoms with Crippen LogP contribution in [-0.2, 0) is 9.59 Å². The van der Waals surface area contributed by atoms with Gasteiger partial charge in [-0.15, -0.1) is 0 Å². The highest BCUT2D eigenvalue weighted by molar-refractivity contribution is 5.80. The van der Waals surface area contributed by atoms with E-state index in [2.05, 4.69) is 59.1 Å². The zero-order valence-electron chi connectivity index (χ0n) is 42.3. The van der Waals surface area contributed by atoms with E-state index in [1.54, 1.807) is 0 Å². The molecule has 1 aliphatic heterocycles. The zero-order valence-corrected chi connectivity index (χ0v) is 42.3. The second-order valence-corrected chi connectivity index (χ2v) is 19.4. The van der Waals surface area contributed by atoms with Crippen molar-refractivity contribution in [3.63, 3.8) is 0 Å². The summed E-state index contributed by atoms with van der Waals surface area (Å²) in [6.45, 7) is 22.8. The van der Waals surface area contributed by atoms with Crippen LogP contribution in [0.1, 0.15) is 253 Å². The molecule has 0 bridgehead atoms. The summed E-state index contributed by atoms with van der Waals surface area (Å²) in [7, 11) is 0. The lowest BCUT2D eigenvalue weighted by Gasteiger charge is -2.37. The number of hydrogen-bond donors (Lipinski definition) is 0. The summed E-state index contributed by atoms with van der Waals surface area (Å²) in [5.41, 5.74) is 0. The number of hydrogen-bond acceptors (Lipinski definition) is 5. The van der Waals surface area contributed by atoms with Gasteiger partial charge in [0, 0.05) is 39.3 Å². The van der Waals surface area contributed by atoms with Crippen LogP contribution in [-0.4, -0.2) is 121 Å². The highest BCUT2D eigenvalue weighted by Gasteiger charge is 2.26. The van der Waals surface area contributed by atoms with Gasteiger partial charge in [0.15, 0.2) is 0 Å². The first-order chi connectivity index (χ1) is 30.0. The largest absolute Gasteiger partial charge is 0.338 e. The molecule has 7 heteroatoms. The molecule has 61 heavy (non-hydrogen) atoms. The summed E-state index contributed by atoms with van der Waals surface area (Å²) in [6.07, 6.45) is 45.0. The molecule has 0 aromatic rings. The molecule has 1 rings (SSSR count). The van der Waals surface area contributed by atoms with E-state index in [1.807, 2.05) is 0 Å². The standard InChI is InChI=1S/C54H109N5O2/c1-6-11-16-21-26-31-35-40-55(41-36-32-27-22-17-12-7-2)45-46-57(44-39-34-29-24-19-14-9-4)52-54(61)59-49-47-58(48-50-59)53(60)51-56(42-37-30-25-20-15-10-5)43-38-33-28-23-18-13-8-3/h6-52H2,1-5H3. The fourth-order valence-corrected chi connectivity index (χ4v) is 9.23. The summed E-state index contributed by atoms with van der Waals surface area (Å²) in [5.74, 6) is 0.535. The third-order valence-electron chi connectivity index (χ3n) is 13.6. The fourth-order valence-electron chi connectivity index (χ4n) is 9.23. The summed E-state index contributed by atoms with van der Waals surface area (Å²) in [5, 5.41) is 0. The van der Waals surface area contributed by atoms with E-state index < -0.39 is 0 Å². The van der Waals surface area contributed by atoms with Gasteiger partial charge in [0.1, 0.15) is 0 Å². The van der Waals surface area contributed by atoms with Crippen LogP contribution in [0.15, 0.2) is 0 Å². The fraction of sp³-hybridized carbons (Fsp3) is 0.963. The maximum absolute atomic E-state index is 14.0. The number of piperazine rings is 1. The molecule has 1 heterocycles. The van der Waals surface area contributed by atoms with Gasteiger partial charge in [-0.05, 0) is 64.8 Å². The maximum Gasteiger partial charge on any atom is 0.236 e. The van der Waals surface area contributed by atoms with Gasteiger partial charge in [-0.3, -0.25) is 19.4 Å². The Morgan fingerprint density at radius 2 is 0.475 bits per heavy atom. The Labute approximate surface area is 382 Å². The minimum atomic E-state index is 0.267. The van der Waals surface area contributed by atoms with Gasteiger partial charge in [0.05, 0.1) is 13.1 Å². The van der Waals surface area contributed by atoms with Crippen molar-refractivity contribution in [3.05, 3.63) is 0 Å². The second-order valence-electron chi connectivity index (χ2n) is 19.4. The molecule has 2 amide bonds. The minimum absolute atomic E-state index is 0.267. The van der Waals surface area contributed by atoms with E-state index in [9.17, 15) is 9.59 Å². The number of carbonyl (C=O) groups is 2. The van der Waals surface area contributed by atoms with Crippen molar-refractivity contribution in [1.29, 1.82) is 0 Å². The quantitative estimate of drug-likeness (QED) is 0.0571. The molecule has 0 aromatic heterocycles. The van der Waals surface area contributed by atoms with Gasteiger partial charge in [-0.1, -0.05) is 221 Å². The predicted molar refractivity (Wildman–Crippen MR) is 268 cm³/mol. The Hall–Kier alpha value is -1.18. The number of unbranched alkanes of at least 4 members (excludes halogenated alkanes) is 29. The molecule has 0 unspecified atom stereocenters. The Bertz CT molecular complexity index is 922. The molecule has 7 nitrogen and oxygen atoms in total. The summed E-state index contributed by atoms with van der Waals surface area (Å²) >= 11 is 0. The summed E-state index contributed by atoms with van der Waals surface area (Å²) < 4.78 is 0. The molecule has 0 N–H and O–H groups in total. The first kappa shape index (κ1) is 57.8. The smallest absolute Gasteiger partial charge is 0.236 e. The molecule has 0 aliphatic carbocycles. The molecule has 0 aromatic carbocycles.